The Labute approximate surface area is 81.0 Å². The molecule has 0 spiro atoms. The van der Waals surface area contributed by atoms with E-state index < -0.39 is 0 Å². The third-order valence-electron chi connectivity index (χ3n) is 3.25. The second kappa shape index (κ2) is 3.25. The van der Waals surface area contributed by atoms with E-state index in [2.05, 4.69) is 26.3 Å². The summed E-state index contributed by atoms with van der Waals surface area (Å²) in [7, 11) is 0. The summed E-state index contributed by atoms with van der Waals surface area (Å²) in [4.78, 5) is 5.62. The van der Waals surface area contributed by atoms with Gasteiger partial charge in [0.25, 0.3) is 0 Å². The van der Waals surface area contributed by atoms with Gasteiger partial charge in [0.1, 0.15) is 0 Å². The summed E-state index contributed by atoms with van der Waals surface area (Å²) in [5.74, 6) is 1.89. The lowest BCUT2D eigenvalue weighted by Crippen LogP contribution is -2.39. The molecule has 2 aliphatic rings. The van der Waals surface area contributed by atoms with Gasteiger partial charge < -0.3 is 0 Å². The SMILES string of the molecule is CC(C)(C)ONC1CC2CCC1C2. The fourth-order valence-electron chi connectivity index (χ4n) is 2.64. The zero-order valence-corrected chi connectivity index (χ0v) is 8.97. The predicted octanol–water partition coefficient (Wildman–Crippen LogP) is 2.49. The molecular weight excluding hydrogens is 162 g/mol. The Morgan fingerprint density at radius 2 is 1.92 bits per heavy atom. The van der Waals surface area contributed by atoms with E-state index in [1.165, 1.54) is 25.7 Å². The van der Waals surface area contributed by atoms with Gasteiger partial charge >= 0.3 is 0 Å². The summed E-state index contributed by atoms with van der Waals surface area (Å²) >= 11 is 0. The first-order valence-corrected chi connectivity index (χ1v) is 5.48. The Hall–Kier alpha value is -0.0800. The average molecular weight is 183 g/mol. The Balaban J connectivity index is 1.78. The van der Waals surface area contributed by atoms with E-state index in [0.717, 1.165) is 11.8 Å². The van der Waals surface area contributed by atoms with Crippen molar-refractivity contribution in [1.82, 2.24) is 5.48 Å². The topological polar surface area (TPSA) is 21.3 Å². The van der Waals surface area contributed by atoms with Crippen LogP contribution in [0, 0.1) is 11.8 Å². The van der Waals surface area contributed by atoms with E-state index in [9.17, 15) is 0 Å². The lowest BCUT2D eigenvalue weighted by atomic mass is 9.96. The van der Waals surface area contributed by atoms with Gasteiger partial charge in [-0.15, -0.1) is 0 Å². The van der Waals surface area contributed by atoms with Crippen molar-refractivity contribution >= 4 is 0 Å². The largest absolute Gasteiger partial charge is 0.296 e. The molecule has 1 N–H and O–H groups in total. The van der Waals surface area contributed by atoms with Gasteiger partial charge in [0.05, 0.1) is 5.60 Å². The molecule has 13 heavy (non-hydrogen) atoms. The van der Waals surface area contributed by atoms with Crippen molar-refractivity contribution in [2.75, 3.05) is 0 Å². The lowest BCUT2D eigenvalue weighted by molar-refractivity contribution is -0.0952. The zero-order chi connectivity index (χ0) is 9.47. The summed E-state index contributed by atoms with van der Waals surface area (Å²) in [6.45, 7) is 6.27. The standard InChI is InChI=1S/C11H21NO/c1-11(2,3)13-12-10-7-8-4-5-9(10)6-8/h8-10,12H,4-7H2,1-3H3. The summed E-state index contributed by atoms with van der Waals surface area (Å²) in [6.07, 6.45) is 5.64. The predicted molar refractivity (Wildman–Crippen MR) is 53.2 cm³/mol. The second-order valence-electron chi connectivity index (χ2n) is 5.61. The minimum Gasteiger partial charge on any atom is -0.296 e. The molecule has 0 radical (unpaired) electrons. The molecule has 2 aliphatic carbocycles. The molecule has 0 heterocycles. The molecule has 2 rings (SSSR count). The molecule has 76 valence electrons. The molecule has 2 saturated carbocycles. The van der Waals surface area contributed by atoms with Crippen LogP contribution in [0.4, 0.5) is 0 Å². The van der Waals surface area contributed by atoms with Crippen LogP contribution in [0.15, 0.2) is 0 Å². The van der Waals surface area contributed by atoms with Crippen LogP contribution in [0.3, 0.4) is 0 Å². The molecule has 0 aliphatic heterocycles. The van der Waals surface area contributed by atoms with Gasteiger partial charge in [-0.1, -0.05) is 6.42 Å². The number of nitrogens with one attached hydrogen (secondary N) is 1. The monoisotopic (exact) mass is 183 g/mol. The van der Waals surface area contributed by atoms with Gasteiger partial charge in [-0.05, 0) is 51.9 Å². The highest BCUT2D eigenvalue weighted by Gasteiger charge is 2.39. The maximum absolute atomic E-state index is 5.62. The highest BCUT2D eigenvalue weighted by molar-refractivity contribution is 4.92. The van der Waals surface area contributed by atoms with Crippen LogP contribution in [0.2, 0.25) is 0 Å². The van der Waals surface area contributed by atoms with Crippen molar-refractivity contribution in [2.45, 2.75) is 58.1 Å². The third-order valence-corrected chi connectivity index (χ3v) is 3.25. The van der Waals surface area contributed by atoms with Crippen molar-refractivity contribution < 1.29 is 4.84 Å². The summed E-state index contributed by atoms with van der Waals surface area (Å²) in [5, 5.41) is 0. The van der Waals surface area contributed by atoms with E-state index in [1.807, 2.05) is 0 Å². The van der Waals surface area contributed by atoms with Crippen LogP contribution < -0.4 is 5.48 Å². The number of hydrogen-bond acceptors (Lipinski definition) is 2. The molecule has 0 amide bonds. The van der Waals surface area contributed by atoms with Gasteiger partial charge in [0.15, 0.2) is 0 Å². The average Bonchev–Trinajstić information content (AvgIpc) is 2.58. The van der Waals surface area contributed by atoms with E-state index in [0.29, 0.717) is 6.04 Å². The van der Waals surface area contributed by atoms with Crippen LogP contribution in [-0.2, 0) is 4.84 Å². The van der Waals surface area contributed by atoms with Gasteiger partial charge in [0, 0.05) is 6.04 Å². The van der Waals surface area contributed by atoms with Gasteiger partial charge in [-0.25, -0.2) is 0 Å². The van der Waals surface area contributed by atoms with Gasteiger partial charge in [-0.2, -0.15) is 5.48 Å². The minimum absolute atomic E-state index is 0.0537. The van der Waals surface area contributed by atoms with Crippen LogP contribution in [0.25, 0.3) is 0 Å². The number of fused-ring (bicyclic) bond motifs is 2. The molecule has 3 unspecified atom stereocenters. The second-order valence-corrected chi connectivity index (χ2v) is 5.61. The fourth-order valence-corrected chi connectivity index (χ4v) is 2.64. The van der Waals surface area contributed by atoms with Gasteiger partial charge in [-0.3, -0.25) is 4.84 Å². The maximum atomic E-state index is 5.62. The molecule has 2 fully saturated rings. The van der Waals surface area contributed by atoms with Crippen molar-refractivity contribution in [2.24, 2.45) is 11.8 Å². The highest BCUT2D eigenvalue weighted by Crippen LogP contribution is 2.44. The lowest BCUT2D eigenvalue weighted by Gasteiger charge is -2.27. The van der Waals surface area contributed by atoms with E-state index in [4.69, 9.17) is 4.84 Å². The maximum Gasteiger partial charge on any atom is 0.0813 e. The molecule has 0 aromatic carbocycles. The number of hydroxylamine groups is 1. The van der Waals surface area contributed by atoms with Crippen molar-refractivity contribution in [3.05, 3.63) is 0 Å². The van der Waals surface area contributed by atoms with Crippen molar-refractivity contribution in [3.63, 3.8) is 0 Å². The first-order valence-electron chi connectivity index (χ1n) is 5.48. The molecule has 0 aromatic heterocycles. The van der Waals surface area contributed by atoms with Crippen LogP contribution in [0.1, 0.15) is 46.5 Å². The number of hydrogen-bond donors (Lipinski definition) is 1. The van der Waals surface area contributed by atoms with Crippen molar-refractivity contribution in [1.29, 1.82) is 0 Å². The van der Waals surface area contributed by atoms with Gasteiger partial charge in [0.2, 0.25) is 0 Å². The normalized spacial score (nSPS) is 38.5. The first-order chi connectivity index (χ1) is 6.04. The molecule has 2 nitrogen and oxygen atoms in total. The fraction of sp³-hybridized carbons (Fsp3) is 1.00. The van der Waals surface area contributed by atoms with Crippen LogP contribution in [0.5, 0.6) is 0 Å². The summed E-state index contributed by atoms with van der Waals surface area (Å²) in [5.41, 5.74) is 3.20. The minimum atomic E-state index is -0.0537. The molecule has 2 heteroatoms. The Morgan fingerprint density at radius 1 is 1.15 bits per heavy atom. The Morgan fingerprint density at radius 3 is 2.38 bits per heavy atom. The van der Waals surface area contributed by atoms with E-state index in [-0.39, 0.29) is 5.60 Å². The quantitative estimate of drug-likeness (QED) is 0.664. The first kappa shape index (κ1) is 9.47. The highest BCUT2D eigenvalue weighted by atomic mass is 16.7. The Bertz CT molecular complexity index is 185. The molecule has 3 atom stereocenters. The molecule has 0 saturated heterocycles. The van der Waals surface area contributed by atoms with Crippen molar-refractivity contribution in [3.8, 4) is 0 Å². The molecular formula is C11H21NO. The summed E-state index contributed by atoms with van der Waals surface area (Å²) in [6, 6.07) is 0.637. The smallest absolute Gasteiger partial charge is 0.0813 e. The van der Waals surface area contributed by atoms with Crippen LogP contribution >= 0.6 is 0 Å². The molecule has 2 bridgehead atoms. The number of rotatable bonds is 2. The third kappa shape index (κ3) is 2.23. The molecule has 0 aromatic rings. The zero-order valence-electron chi connectivity index (χ0n) is 8.97. The van der Waals surface area contributed by atoms with Crippen LogP contribution in [-0.4, -0.2) is 11.6 Å². The van der Waals surface area contributed by atoms with E-state index in [1.54, 1.807) is 0 Å². The van der Waals surface area contributed by atoms with E-state index >= 15 is 0 Å². The Kier molecular flexibility index (Phi) is 2.37. The summed E-state index contributed by atoms with van der Waals surface area (Å²) < 4.78 is 0.